The average molecular weight is 298 g/mol. The van der Waals surface area contributed by atoms with Crippen LogP contribution in [0, 0.1) is 15.5 Å². The number of rotatable bonds is 8. The number of carboxylic acid groups (broad SMARTS) is 1. The van der Waals surface area contributed by atoms with Gasteiger partial charge in [0.25, 0.3) is 0 Å². The fourth-order valence-corrected chi connectivity index (χ4v) is 1.53. The summed E-state index contributed by atoms with van der Waals surface area (Å²) in [5, 5.41) is 22.1. The molecule has 1 atom stereocenters. The monoisotopic (exact) mass is 298 g/mol. The first-order chi connectivity index (χ1) is 9.78. The highest BCUT2D eigenvalue weighted by Gasteiger charge is 2.31. The van der Waals surface area contributed by atoms with Gasteiger partial charge in [-0.3, -0.25) is 9.59 Å². The van der Waals surface area contributed by atoms with Crippen molar-refractivity contribution in [1.29, 1.82) is 0 Å². The summed E-state index contributed by atoms with van der Waals surface area (Å²) in [5.74, 6) is -1.55. The van der Waals surface area contributed by atoms with Crippen molar-refractivity contribution in [2.45, 2.75) is 33.2 Å². The van der Waals surface area contributed by atoms with Crippen LogP contribution in [0.3, 0.4) is 0 Å². The molecule has 1 aromatic heterocycles. The Morgan fingerprint density at radius 3 is 2.71 bits per heavy atom. The molecule has 1 rings (SSSR count). The molecule has 1 unspecified atom stereocenters. The Balaban J connectivity index is 2.43. The molecule has 0 radical (unpaired) electrons. The van der Waals surface area contributed by atoms with Crippen LogP contribution in [0.25, 0.3) is 0 Å². The number of nitrogens with zero attached hydrogens (tertiary/aromatic N) is 3. The van der Waals surface area contributed by atoms with Crippen LogP contribution in [-0.2, 0) is 16.1 Å². The molecule has 1 amide bonds. The van der Waals surface area contributed by atoms with Gasteiger partial charge in [-0.05, 0) is 23.3 Å². The Hall–Kier alpha value is -2.45. The third-order valence-corrected chi connectivity index (χ3v) is 3.38. The highest BCUT2D eigenvalue weighted by molar-refractivity contribution is 5.78. The fourth-order valence-electron chi connectivity index (χ4n) is 1.53. The summed E-state index contributed by atoms with van der Waals surface area (Å²) in [5.41, 5.74) is -0.997. The number of aryl methyl sites for hydroxylation is 1. The molecular weight excluding hydrogens is 280 g/mol. The van der Waals surface area contributed by atoms with Gasteiger partial charge >= 0.3 is 11.8 Å². The first kappa shape index (κ1) is 16.6. The van der Waals surface area contributed by atoms with Crippen molar-refractivity contribution >= 4 is 17.7 Å². The van der Waals surface area contributed by atoms with Crippen LogP contribution in [0.2, 0.25) is 0 Å². The number of hydrogen-bond donors (Lipinski definition) is 2. The molecule has 0 aromatic carbocycles. The van der Waals surface area contributed by atoms with E-state index in [-0.39, 0.29) is 31.2 Å². The summed E-state index contributed by atoms with van der Waals surface area (Å²) in [4.78, 5) is 36.2. The Kier molecular flexibility index (Phi) is 5.39. The van der Waals surface area contributed by atoms with Crippen molar-refractivity contribution in [3.05, 3.63) is 22.6 Å². The number of aromatic nitrogens is 2. The number of carbonyl (C=O) groups is 2. The van der Waals surface area contributed by atoms with E-state index in [9.17, 15) is 19.7 Å². The second kappa shape index (κ2) is 6.82. The van der Waals surface area contributed by atoms with E-state index in [1.807, 2.05) is 0 Å². The van der Waals surface area contributed by atoms with Crippen LogP contribution in [-0.4, -0.2) is 38.0 Å². The summed E-state index contributed by atoms with van der Waals surface area (Å²) in [6, 6.07) is 0. The van der Waals surface area contributed by atoms with E-state index < -0.39 is 16.3 Å². The first-order valence-electron chi connectivity index (χ1n) is 6.45. The topological polar surface area (TPSA) is 127 Å². The molecular formula is C12H18N4O5. The molecule has 0 aliphatic carbocycles. The molecule has 1 heterocycles. The molecule has 0 aliphatic rings. The van der Waals surface area contributed by atoms with Crippen molar-refractivity contribution in [3.63, 3.8) is 0 Å². The lowest BCUT2D eigenvalue weighted by Gasteiger charge is -2.23. The van der Waals surface area contributed by atoms with Crippen LogP contribution in [0.15, 0.2) is 12.5 Å². The van der Waals surface area contributed by atoms with E-state index in [1.165, 1.54) is 17.1 Å². The number of nitrogens with one attached hydrogen (secondary N) is 1. The van der Waals surface area contributed by atoms with E-state index in [1.54, 1.807) is 13.8 Å². The van der Waals surface area contributed by atoms with E-state index in [2.05, 4.69) is 10.3 Å². The minimum absolute atomic E-state index is 0.0434. The lowest BCUT2D eigenvalue weighted by molar-refractivity contribution is -0.389. The Morgan fingerprint density at radius 2 is 2.24 bits per heavy atom. The molecule has 9 heteroatoms. The van der Waals surface area contributed by atoms with Crippen molar-refractivity contribution in [1.82, 2.24) is 14.9 Å². The fraction of sp³-hybridized carbons (Fsp3) is 0.583. The molecule has 0 aliphatic heterocycles. The summed E-state index contributed by atoms with van der Waals surface area (Å²) in [7, 11) is 0. The van der Waals surface area contributed by atoms with Gasteiger partial charge in [-0.15, -0.1) is 0 Å². The summed E-state index contributed by atoms with van der Waals surface area (Å²) in [6.07, 6.45) is 3.00. The zero-order valence-corrected chi connectivity index (χ0v) is 11.9. The van der Waals surface area contributed by atoms with Gasteiger partial charge < -0.3 is 25.1 Å². The number of imidazole rings is 1. The zero-order valence-electron chi connectivity index (χ0n) is 11.9. The quantitative estimate of drug-likeness (QED) is 0.539. The molecule has 1 aromatic rings. The summed E-state index contributed by atoms with van der Waals surface area (Å²) < 4.78 is 1.44. The van der Waals surface area contributed by atoms with Gasteiger partial charge in [0.05, 0.1) is 5.41 Å². The van der Waals surface area contributed by atoms with Crippen molar-refractivity contribution in [3.8, 4) is 0 Å². The number of carbonyl (C=O) groups excluding carboxylic acids is 1. The number of nitro groups is 1. The van der Waals surface area contributed by atoms with Crippen LogP contribution in [0.4, 0.5) is 5.82 Å². The van der Waals surface area contributed by atoms with E-state index in [4.69, 9.17) is 5.11 Å². The van der Waals surface area contributed by atoms with E-state index in [0.717, 1.165) is 0 Å². The summed E-state index contributed by atoms with van der Waals surface area (Å²) >= 11 is 0. The van der Waals surface area contributed by atoms with Crippen molar-refractivity contribution in [2.75, 3.05) is 6.54 Å². The number of carboxylic acids is 1. The van der Waals surface area contributed by atoms with Gasteiger partial charge in [-0.2, -0.15) is 0 Å². The standard InChI is InChI=1S/C12H18N4O5/c1-3-12(2,11(18)19)7-13-10(17)4-5-15-6-9(14-8-15)16(20)21/h6,8H,3-5,7H2,1-2H3,(H,13,17)(H,18,19). The smallest absolute Gasteiger partial charge is 0.381 e. The molecule has 0 bridgehead atoms. The Bertz CT molecular complexity index is 542. The van der Waals surface area contributed by atoms with Crippen LogP contribution < -0.4 is 5.32 Å². The predicted molar refractivity (Wildman–Crippen MR) is 72.5 cm³/mol. The van der Waals surface area contributed by atoms with E-state index in [0.29, 0.717) is 6.42 Å². The van der Waals surface area contributed by atoms with Gasteiger partial charge in [-0.25, -0.2) is 0 Å². The number of amides is 1. The maximum absolute atomic E-state index is 11.7. The van der Waals surface area contributed by atoms with Crippen LogP contribution in [0.5, 0.6) is 0 Å². The van der Waals surface area contributed by atoms with Crippen LogP contribution >= 0.6 is 0 Å². The number of aliphatic carboxylic acids is 1. The summed E-state index contributed by atoms with van der Waals surface area (Å²) in [6.45, 7) is 3.59. The normalized spacial score (nSPS) is 13.4. The zero-order chi connectivity index (χ0) is 16.0. The van der Waals surface area contributed by atoms with Crippen molar-refractivity contribution < 1.29 is 19.6 Å². The molecule has 21 heavy (non-hydrogen) atoms. The highest BCUT2D eigenvalue weighted by atomic mass is 16.6. The van der Waals surface area contributed by atoms with Gasteiger partial charge in [0.1, 0.15) is 6.20 Å². The average Bonchev–Trinajstić information content (AvgIpc) is 2.91. The minimum atomic E-state index is -0.997. The van der Waals surface area contributed by atoms with Gasteiger partial charge in [0.15, 0.2) is 0 Å². The van der Waals surface area contributed by atoms with Gasteiger partial charge in [0, 0.05) is 19.5 Å². The molecule has 9 nitrogen and oxygen atoms in total. The van der Waals surface area contributed by atoms with Gasteiger partial charge in [-0.1, -0.05) is 6.92 Å². The van der Waals surface area contributed by atoms with Crippen LogP contribution in [0.1, 0.15) is 26.7 Å². The maximum atomic E-state index is 11.7. The molecule has 2 N–H and O–H groups in total. The molecule has 116 valence electrons. The Morgan fingerprint density at radius 1 is 1.57 bits per heavy atom. The second-order valence-corrected chi connectivity index (χ2v) is 4.97. The Labute approximate surface area is 121 Å². The predicted octanol–water partition coefficient (Wildman–Crippen LogP) is 0.799. The third-order valence-electron chi connectivity index (χ3n) is 3.38. The van der Waals surface area contributed by atoms with Gasteiger partial charge in [0.2, 0.25) is 12.2 Å². The lowest BCUT2D eigenvalue weighted by Crippen LogP contribution is -2.40. The van der Waals surface area contributed by atoms with Crippen molar-refractivity contribution in [2.24, 2.45) is 5.41 Å². The molecule has 0 saturated carbocycles. The maximum Gasteiger partial charge on any atom is 0.381 e. The SMILES string of the molecule is CCC(C)(CNC(=O)CCn1cnc([N+](=O)[O-])c1)C(=O)O. The second-order valence-electron chi connectivity index (χ2n) is 4.97. The number of hydrogen-bond acceptors (Lipinski definition) is 5. The lowest BCUT2D eigenvalue weighted by atomic mass is 9.88. The highest BCUT2D eigenvalue weighted by Crippen LogP contribution is 2.19. The minimum Gasteiger partial charge on any atom is -0.481 e. The molecule has 0 fully saturated rings. The first-order valence-corrected chi connectivity index (χ1v) is 6.45. The third kappa shape index (κ3) is 4.55. The molecule has 0 spiro atoms. The van der Waals surface area contributed by atoms with E-state index >= 15 is 0 Å². The molecule has 0 saturated heterocycles. The largest absolute Gasteiger partial charge is 0.481 e.